The molecule has 0 aromatic heterocycles. The van der Waals surface area contributed by atoms with Crippen molar-refractivity contribution in [3.05, 3.63) is 29.8 Å². The molecular formula is C14H21BO2. The number of hydrogen-bond donors (Lipinski definition) is 2. The lowest BCUT2D eigenvalue weighted by Crippen LogP contribution is -2.29. The molecule has 1 saturated carbocycles. The fourth-order valence-corrected chi connectivity index (χ4v) is 2.84. The average Bonchev–Trinajstić information content (AvgIpc) is 2.39. The van der Waals surface area contributed by atoms with Crippen LogP contribution in [0.25, 0.3) is 0 Å². The molecule has 0 spiro atoms. The molecule has 1 fully saturated rings. The third-order valence-electron chi connectivity index (χ3n) is 4.13. The minimum Gasteiger partial charge on any atom is -0.423 e. The summed E-state index contributed by atoms with van der Waals surface area (Å²) in [6.45, 7) is 2.28. The van der Waals surface area contributed by atoms with Crippen LogP contribution in [0.1, 0.15) is 50.5 Å². The molecule has 1 aliphatic rings. The van der Waals surface area contributed by atoms with Gasteiger partial charge in [0.1, 0.15) is 0 Å². The number of hydrogen-bond acceptors (Lipinski definition) is 2. The molecule has 0 radical (unpaired) electrons. The normalized spacial score (nSPS) is 24.6. The predicted molar refractivity (Wildman–Crippen MR) is 71.3 cm³/mol. The first-order valence-corrected chi connectivity index (χ1v) is 6.66. The van der Waals surface area contributed by atoms with Crippen molar-refractivity contribution in [1.29, 1.82) is 0 Å². The van der Waals surface area contributed by atoms with Gasteiger partial charge in [0.2, 0.25) is 0 Å². The molecule has 0 saturated heterocycles. The zero-order valence-corrected chi connectivity index (χ0v) is 10.5. The maximum Gasteiger partial charge on any atom is 0.488 e. The van der Waals surface area contributed by atoms with E-state index in [0.717, 1.165) is 5.92 Å². The lowest BCUT2D eigenvalue weighted by molar-refractivity contribution is 0.319. The molecule has 3 heteroatoms. The zero-order valence-electron chi connectivity index (χ0n) is 10.5. The van der Waals surface area contributed by atoms with Crippen LogP contribution in [-0.2, 0) is 0 Å². The second-order valence-electron chi connectivity index (χ2n) is 5.17. The van der Waals surface area contributed by atoms with Crippen LogP contribution in [0.4, 0.5) is 0 Å². The van der Waals surface area contributed by atoms with E-state index in [9.17, 15) is 0 Å². The highest BCUT2D eigenvalue weighted by molar-refractivity contribution is 6.58. The predicted octanol–water partition coefficient (Wildman–Crippen LogP) is 2.05. The largest absolute Gasteiger partial charge is 0.488 e. The molecular weight excluding hydrogens is 211 g/mol. The Balaban J connectivity index is 1.99. The molecule has 0 unspecified atom stereocenters. The lowest BCUT2D eigenvalue weighted by Gasteiger charge is -2.28. The van der Waals surface area contributed by atoms with Crippen LogP contribution in [-0.4, -0.2) is 17.2 Å². The van der Waals surface area contributed by atoms with Crippen LogP contribution in [0.15, 0.2) is 24.3 Å². The summed E-state index contributed by atoms with van der Waals surface area (Å²) in [4.78, 5) is 0. The molecule has 0 bridgehead atoms. The summed E-state index contributed by atoms with van der Waals surface area (Å²) < 4.78 is 0. The van der Waals surface area contributed by atoms with E-state index in [0.29, 0.717) is 11.4 Å². The van der Waals surface area contributed by atoms with Crippen LogP contribution in [0.3, 0.4) is 0 Å². The molecule has 17 heavy (non-hydrogen) atoms. The van der Waals surface area contributed by atoms with E-state index >= 15 is 0 Å². The Bertz CT molecular complexity index is 340. The molecule has 1 aromatic carbocycles. The van der Waals surface area contributed by atoms with Crippen molar-refractivity contribution in [2.75, 3.05) is 0 Å². The Hall–Kier alpha value is -0.795. The minimum atomic E-state index is -1.35. The lowest BCUT2D eigenvalue weighted by atomic mass is 9.75. The smallest absolute Gasteiger partial charge is 0.423 e. The second-order valence-corrected chi connectivity index (χ2v) is 5.17. The van der Waals surface area contributed by atoms with Crippen molar-refractivity contribution in [2.24, 2.45) is 5.92 Å². The molecule has 0 amide bonds. The minimum absolute atomic E-state index is 0.580. The van der Waals surface area contributed by atoms with Crippen LogP contribution in [0.2, 0.25) is 0 Å². The van der Waals surface area contributed by atoms with E-state index in [1.807, 2.05) is 24.3 Å². The molecule has 2 N–H and O–H groups in total. The maximum atomic E-state index is 9.05. The fraction of sp³-hybridized carbons (Fsp3) is 0.571. The van der Waals surface area contributed by atoms with Gasteiger partial charge in [0, 0.05) is 0 Å². The number of rotatable bonds is 3. The monoisotopic (exact) mass is 232 g/mol. The molecule has 0 aliphatic heterocycles. The quantitative estimate of drug-likeness (QED) is 0.783. The summed E-state index contributed by atoms with van der Waals surface area (Å²) >= 11 is 0. The van der Waals surface area contributed by atoms with Gasteiger partial charge < -0.3 is 10.0 Å². The van der Waals surface area contributed by atoms with Gasteiger partial charge in [0.15, 0.2) is 0 Å². The molecule has 0 heterocycles. The highest BCUT2D eigenvalue weighted by Crippen LogP contribution is 2.36. The van der Waals surface area contributed by atoms with Gasteiger partial charge in [-0.2, -0.15) is 0 Å². The van der Waals surface area contributed by atoms with Crippen LogP contribution < -0.4 is 5.46 Å². The molecule has 1 aliphatic carbocycles. The highest BCUT2D eigenvalue weighted by Gasteiger charge is 2.21. The van der Waals surface area contributed by atoms with Crippen LogP contribution >= 0.6 is 0 Å². The van der Waals surface area contributed by atoms with Gasteiger partial charge in [-0.25, -0.2) is 0 Å². The summed E-state index contributed by atoms with van der Waals surface area (Å²) in [5, 5.41) is 18.1. The first kappa shape index (κ1) is 12.7. The summed E-state index contributed by atoms with van der Waals surface area (Å²) in [6.07, 6.45) is 6.54. The summed E-state index contributed by atoms with van der Waals surface area (Å²) in [5.74, 6) is 1.59. The van der Waals surface area contributed by atoms with Crippen LogP contribution in [0.5, 0.6) is 0 Å². The summed E-state index contributed by atoms with van der Waals surface area (Å²) in [6, 6.07) is 7.75. The topological polar surface area (TPSA) is 40.5 Å². The zero-order chi connectivity index (χ0) is 12.3. The van der Waals surface area contributed by atoms with Gasteiger partial charge in [-0.3, -0.25) is 0 Å². The summed E-state index contributed by atoms with van der Waals surface area (Å²) in [7, 11) is -1.35. The second kappa shape index (κ2) is 5.70. The van der Waals surface area contributed by atoms with Crippen molar-refractivity contribution in [3.8, 4) is 0 Å². The SMILES string of the molecule is CC[C@H]1CC[C@H](c2ccc(B(O)O)cc2)CC1. The Kier molecular flexibility index (Phi) is 4.24. The van der Waals surface area contributed by atoms with Gasteiger partial charge in [0.05, 0.1) is 0 Å². The molecule has 92 valence electrons. The van der Waals surface area contributed by atoms with Crippen molar-refractivity contribution in [2.45, 2.75) is 44.9 Å². The Labute approximate surface area is 104 Å². The maximum absolute atomic E-state index is 9.05. The van der Waals surface area contributed by atoms with Gasteiger partial charge in [0.25, 0.3) is 0 Å². The molecule has 0 atom stereocenters. The van der Waals surface area contributed by atoms with E-state index in [-0.39, 0.29) is 0 Å². The molecule has 1 aromatic rings. The first-order chi connectivity index (χ1) is 8.20. The van der Waals surface area contributed by atoms with E-state index < -0.39 is 7.12 Å². The van der Waals surface area contributed by atoms with E-state index in [4.69, 9.17) is 10.0 Å². The van der Waals surface area contributed by atoms with E-state index in [2.05, 4.69) is 6.92 Å². The fourth-order valence-electron chi connectivity index (χ4n) is 2.84. The Morgan fingerprint density at radius 2 is 1.65 bits per heavy atom. The summed E-state index contributed by atoms with van der Waals surface area (Å²) in [5.41, 5.74) is 1.93. The first-order valence-electron chi connectivity index (χ1n) is 6.66. The van der Waals surface area contributed by atoms with Crippen LogP contribution in [0, 0.1) is 5.92 Å². The molecule has 2 rings (SSSR count). The van der Waals surface area contributed by atoms with Crippen molar-refractivity contribution >= 4 is 12.6 Å². The standard InChI is InChI=1S/C14H21BO2/c1-2-11-3-5-12(6-4-11)13-7-9-14(10-8-13)15(16)17/h7-12,16-17H,2-6H2,1H3/t11-,12-. The van der Waals surface area contributed by atoms with Gasteiger partial charge in [-0.15, -0.1) is 0 Å². The number of benzene rings is 1. The average molecular weight is 232 g/mol. The third-order valence-corrected chi connectivity index (χ3v) is 4.13. The van der Waals surface area contributed by atoms with E-state index in [1.54, 1.807) is 0 Å². The Morgan fingerprint density at radius 1 is 1.06 bits per heavy atom. The molecule has 2 nitrogen and oxygen atoms in total. The Morgan fingerprint density at radius 3 is 2.12 bits per heavy atom. The van der Waals surface area contributed by atoms with Crippen molar-refractivity contribution in [3.63, 3.8) is 0 Å². The van der Waals surface area contributed by atoms with Crippen molar-refractivity contribution in [1.82, 2.24) is 0 Å². The van der Waals surface area contributed by atoms with Crippen molar-refractivity contribution < 1.29 is 10.0 Å². The van der Waals surface area contributed by atoms with E-state index in [1.165, 1.54) is 37.7 Å². The third kappa shape index (κ3) is 3.11. The highest BCUT2D eigenvalue weighted by atomic mass is 16.4. The van der Waals surface area contributed by atoms with Gasteiger partial charge in [-0.1, -0.05) is 37.6 Å². The van der Waals surface area contributed by atoms with Gasteiger partial charge in [-0.05, 0) is 48.5 Å². The van der Waals surface area contributed by atoms with Gasteiger partial charge >= 0.3 is 7.12 Å².